The molecule has 0 aromatic carbocycles. The Hall–Kier alpha value is -0.380. The van der Waals surface area contributed by atoms with E-state index in [1.807, 2.05) is 0 Å². The van der Waals surface area contributed by atoms with Crippen LogP contribution in [0, 0.1) is 0 Å². The minimum atomic E-state index is 0.500. The van der Waals surface area contributed by atoms with Crippen LogP contribution < -0.4 is 5.32 Å². The Labute approximate surface area is 105 Å². The summed E-state index contributed by atoms with van der Waals surface area (Å²) in [4.78, 5) is 2.58. The van der Waals surface area contributed by atoms with E-state index in [1.54, 1.807) is 0 Å². The van der Waals surface area contributed by atoms with Crippen LogP contribution in [0.3, 0.4) is 0 Å². The van der Waals surface area contributed by atoms with E-state index >= 15 is 0 Å². The lowest BCUT2D eigenvalue weighted by Crippen LogP contribution is -2.49. The summed E-state index contributed by atoms with van der Waals surface area (Å²) in [5, 5.41) is 3.43. The lowest BCUT2D eigenvalue weighted by atomic mass is 10.1. The summed E-state index contributed by atoms with van der Waals surface area (Å²) in [7, 11) is 0. The second-order valence-electron chi connectivity index (χ2n) is 5.30. The highest BCUT2D eigenvalue weighted by Crippen LogP contribution is 2.29. The maximum atomic E-state index is 5.83. The molecule has 2 fully saturated rings. The minimum Gasteiger partial charge on any atom is -0.375 e. The van der Waals surface area contributed by atoms with Crippen molar-refractivity contribution in [3.8, 4) is 0 Å². The summed E-state index contributed by atoms with van der Waals surface area (Å²) in [6.07, 6.45) is 5.57. The Morgan fingerprint density at radius 2 is 2.35 bits per heavy atom. The maximum Gasteiger partial charge on any atom is 0.0731 e. The molecule has 0 aromatic heterocycles. The Morgan fingerprint density at radius 1 is 1.47 bits per heavy atom. The third-order valence-corrected chi connectivity index (χ3v) is 3.83. The van der Waals surface area contributed by atoms with E-state index < -0.39 is 0 Å². The van der Waals surface area contributed by atoms with Gasteiger partial charge in [0.15, 0.2) is 0 Å². The Balaban J connectivity index is 1.75. The average molecular weight is 238 g/mol. The quantitative estimate of drug-likeness (QED) is 0.564. The van der Waals surface area contributed by atoms with Crippen LogP contribution in [0.5, 0.6) is 0 Å². The molecule has 0 amide bonds. The van der Waals surface area contributed by atoms with Crippen LogP contribution in [-0.4, -0.2) is 49.8 Å². The number of ether oxygens (including phenoxy) is 1. The van der Waals surface area contributed by atoms with Crippen molar-refractivity contribution in [1.29, 1.82) is 0 Å². The normalized spacial score (nSPS) is 29.2. The molecule has 0 radical (unpaired) electrons. The molecule has 1 N–H and O–H groups in total. The van der Waals surface area contributed by atoms with E-state index in [-0.39, 0.29) is 0 Å². The highest BCUT2D eigenvalue weighted by molar-refractivity contribution is 5.03. The molecule has 1 aliphatic carbocycles. The van der Waals surface area contributed by atoms with Crippen molar-refractivity contribution in [3.63, 3.8) is 0 Å². The van der Waals surface area contributed by atoms with E-state index in [0.717, 1.165) is 32.8 Å². The molecule has 0 aromatic rings. The molecular formula is C14H26N2O. The first-order valence-electron chi connectivity index (χ1n) is 7.04. The van der Waals surface area contributed by atoms with Gasteiger partial charge in [0.25, 0.3) is 0 Å². The Morgan fingerprint density at radius 3 is 3.18 bits per heavy atom. The third-order valence-electron chi connectivity index (χ3n) is 3.83. The van der Waals surface area contributed by atoms with Gasteiger partial charge >= 0.3 is 0 Å². The van der Waals surface area contributed by atoms with E-state index in [0.29, 0.717) is 12.1 Å². The standard InChI is InChI=1S/C14H26N2O/c1-3-7-15-10-12(2)11-16-8-9-17-14-6-4-5-13(14)16/h13-15H,2-11H2,1H3. The molecule has 1 heterocycles. The third kappa shape index (κ3) is 3.54. The predicted molar refractivity (Wildman–Crippen MR) is 71.3 cm³/mol. The van der Waals surface area contributed by atoms with Crippen LogP contribution >= 0.6 is 0 Å². The van der Waals surface area contributed by atoms with Crippen LogP contribution in [0.25, 0.3) is 0 Å². The minimum absolute atomic E-state index is 0.500. The van der Waals surface area contributed by atoms with Crippen molar-refractivity contribution in [3.05, 3.63) is 12.2 Å². The summed E-state index contributed by atoms with van der Waals surface area (Å²) in [6.45, 7) is 11.5. The monoisotopic (exact) mass is 238 g/mol. The summed E-state index contributed by atoms with van der Waals surface area (Å²) in [5.74, 6) is 0. The van der Waals surface area contributed by atoms with Crippen LogP contribution in [0.15, 0.2) is 12.2 Å². The molecule has 0 spiro atoms. The lowest BCUT2D eigenvalue weighted by molar-refractivity contribution is -0.0521. The fraction of sp³-hybridized carbons (Fsp3) is 0.857. The molecular weight excluding hydrogens is 212 g/mol. The first-order valence-corrected chi connectivity index (χ1v) is 7.04. The van der Waals surface area contributed by atoms with Gasteiger partial charge < -0.3 is 10.1 Å². The van der Waals surface area contributed by atoms with E-state index in [4.69, 9.17) is 4.74 Å². The van der Waals surface area contributed by atoms with Gasteiger partial charge in [-0.1, -0.05) is 13.5 Å². The van der Waals surface area contributed by atoms with Gasteiger partial charge in [0.1, 0.15) is 0 Å². The van der Waals surface area contributed by atoms with Crippen LogP contribution in [-0.2, 0) is 4.74 Å². The molecule has 2 aliphatic rings. The predicted octanol–water partition coefficient (Wildman–Crippen LogP) is 1.80. The molecule has 98 valence electrons. The fourth-order valence-electron chi connectivity index (χ4n) is 2.99. The van der Waals surface area contributed by atoms with Crippen molar-refractivity contribution >= 4 is 0 Å². The largest absolute Gasteiger partial charge is 0.375 e. The van der Waals surface area contributed by atoms with Gasteiger partial charge in [0, 0.05) is 25.7 Å². The smallest absolute Gasteiger partial charge is 0.0731 e. The number of nitrogens with one attached hydrogen (secondary N) is 1. The van der Waals surface area contributed by atoms with E-state index in [9.17, 15) is 0 Å². The van der Waals surface area contributed by atoms with Gasteiger partial charge in [0.05, 0.1) is 12.7 Å². The fourth-order valence-corrected chi connectivity index (χ4v) is 2.99. The first kappa shape index (κ1) is 13.1. The topological polar surface area (TPSA) is 24.5 Å². The van der Waals surface area contributed by atoms with Crippen molar-refractivity contribution in [2.75, 3.05) is 32.8 Å². The SMILES string of the molecule is C=C(CNCCC)CN1CCOC2CCCC21. The zero-order chi connectivity index (χ0) is 12.1. The number of fused-ring (bicyclic) bond motifs is 1. The summed E-state index contributed by atoms with van der Waals surface area (Å²) < 4.78 is 5.83. The van der Waals surface area contributed by atoms with Crippen LogP contribution in [0.2, 0.25) is 0 Å². The second-order valence-corrected chi connectivity index (χ2v) is 5.30. The molecule has 1 saturated heterocycles. The van der Waals surface area contributed by atoms with Crippen molar-refractivity contribution < 1.29 is 4.74 Å². The molecule has 17 heavy (non-hydrogen) atoms. The molecule has 3 nitrogen and oxygen atoms in total. The summed E-state index contributed by atoms with van der Waals surface area (Å²) >= 11 is 0. The van der Waals surface area contributed by atoms with Gasteiger partial charge in [-0.3, -0.25) is 4.90 Å². The van der Waals surface area contributed by atoms with Crippen molar-refractivity contribution in [1.82, 2.24) is 10.2 Å². The van der Waals surface area contributed by atoms with Crippen LogP contribution in [0.1, 0.15) is 32.6 Å². The van der Waals surface area contributed by atoms with Gasteiger partial charge in [-0.05, 0) is 37.8 Å². The highest BCUT2D eigenvalue weighted by atomic mass is 16.5. The highest BCUT2D eigenvalue weighted by Gasteiger charge is 2.35. The van der Waals surface area contributed by atoms with Crippen LogP contribution in [0.4, 0.5) is 0 Å². The number of nitrogens with zero attached hydrogens (tertiary/aromatic N) is 1. The molecule has 2 unspecified atom stereocenters. The summed E-state index contributed by atoms with van der Waals surface area (Å²) in [5.41, 5.74) is 1.31. The zero-order valence-corrected chi connectivity index (χ0v) is 11.1. The molecule has 3 heteroatoms. The average Bonchev–Trinajstić information content (AvgIpc) is 2.78. The van der Waals surface area contributed by atoms with E-state index in [2.05, 4.69) is 23.7 Å². The van der Waals surface area contributed by atoms with Gasteiger partial charge in [-0.2, -0.15) is 0 Å². The van der Waals surface area contributed by atoms with Gasteiger partial charge in [-0.15, -0.1) is 0 Å². The number of hydrogen-bond acceptors (Lipinski definition) is 3. The Bertz CT molecular complexity index is 255. The van der Waals surface area contributed by atoms with Crippen molar-refractivity contribution in [2.45, 2.75) is 44.8 Å². The molecule has 1 saturated carbocycles. The molecule has 1 aliphatic heterocycles. The lowest BCUT2D eigenvalue weighted by Gasteiger charge is -2.38. The molecule has 2 rings (SSSR count). The number of morpholine rings is 1. The first-order chi connectivity index (χ1) is 8.31. The maximum absolute atomic E-state index is 5.83. The number of hydrogen-bond donors (Lipinski definition) is 1. The van der Waals surface area contributed by atoms with E-state index in [1.165, 1.54) is 31.3 Å². The van der Waals surface area contributed by atoms with Gasteiger partial charge in [0.2, 0.25) is 0 Å². The Kier molecular flexibility index (Phi) is 5.01. The zero-order valence-electron chi connectivity index (χ0n) is 11.1. The second kappa shape index (κ2) is 6.53. The van der Waals surface area contributed by atoms with Gasteiger partial charge in [-0.25, -0.2) is 0 Å². The molecule has 0 bridgehead atoms. The number of rotatable bonds is 6. The summed E-state index contributed by atoms with van der Waals surface area (Å²) in [6, 6.07) is 0.659. The van der Waals surface area contributed by atoms with Crippen molar-refractivity contribution in [2.24, 2.45) is 0 Å². The molecule has 2 atom stereocenters.